The van der Waals surface area contributed by atoms with Gasteiger partial charge in [-0.15, -0.1) is 0 Å². The minimum atomic E-state index is -0.428. The first-order valence-electron chi connectivity index (χ1n) is 7.03. The predicted octanol–water partition coefficient (Wildman–Crippen LogP) is 3.19. The van der Waals surface area contributed by atoms with E-state index >= 15 is 0 Å². The molecule has 2 rings (SSSR count). The number of carbonyl (C=O) groups excluding carboxylic acids is 2. The van der Waals surface area contributed by atoms with Crippen LogP contribution in [0.25, 0.3) is 11.3 Å². The number of nitrogens with zero attached hydrogens (tertiary/aromatic N) is 1. The van der Waals surface area contributed by atoms with Gasteiger partial charge in [-0.1, -0.05) is 12.1 Å². The second kappa shape index (κ2) is 6.85. The van der Waals surface area contributed by atoms with Gasteiger partial charge in [0.15, 0.2) is 0 Å². The number of amides is 1. The maximum absolute atomic E-state index is 11.8. The third kappa shape index (κ3) is 3.91. The maximum Gasteiger partial charge on any atom is 0.356 e. The first-order valence-corrected chi connectivity index (χ1v) is 7.03. The summed E-state index contributed by atoms with van der Waals surface area (Å²) in [6.45, 7) is 5.44. The zero-order chi connectivity index (χ0) is 16.1. The van der Waals surface area contributed by atoms with Crippen LogP contribution in [0.2, 0.25) is 0 Å². The van der Waals surface area contributed by atoms with E-state index in [-0.39, 0.29) is 5.91 Å². The maximum atomic E-state index is 11.8. The molecule has 0 aliphatic carbocycles. The van der Waals surface area contributed by atoms with Crippen LogP contribution in [0.5, 0.6) is 0 Å². The molecular formula is C17H18N2O3. The fourth-order valence-corrected chi connectivity index (χ4v) is 2.05. The number of ether oxygens (including phenoxy) is 1. The second-order valence-electron chi connectivity index (χ2n) is 4.89. The van der Waals surface area contributed by atoms with Crippen molar-refractivity contribution in [1.82, 2.24) is 4.98 Å². The molecule has 22 heavy (non-hydrogen) atoms. The number of aryl methyl sites for hydroxylation is 1. The van der Waals surface area contributed by atoms with Crippen LogP contribution >= 0.6 is 0 Å². The summed E-state index contributed by atoms with van der Waals surface area (Å²) in [5.74, 6) is -0.548. The fourth-order valence-electron chi connectivity index (χ4n) is 2.05. The van der Waals surface area contributed by atoms with E-state index in [9.17, 15) is 9.59 Å². The van der Waals surface area contributed by atoms with E-state index in [1.165, 1.54) is 6.92 Å². The number of anilines is 1. The van der Waals surface area contributed by atoms with Crippen LogP contribution in [0.3, 0.4) is 0 Å². The molecule has 0 fully saturated rings. The van der Waals surface area contributed by atoms with Crippen molar-refractivity contribution in [2.24, 2.45) is 0 Å². The number of rotatable bonds is 4. The van der Waals surface area contributed by atoms with Gasteiger partial charge in [0.05, 0.1) is 12.3 Å². The molecule has 114 valence electrons. The molecule has 0 aliphatic rings. The smallest absolute Gasteiger partial charge is 0.356 e. The lowest BCUT2D eigenvalue weighted by Gasteiger charge is -2.08. The lowest BCUT2D eigenvalue weighted by atomic mass is 10.1. The van der Waals surface area contributed by atoms with E-state index in [0.29, 0.717) is 18.0 Å². The Balaban J connectivity index is 2.32. The SMILES string of the molecule is CCOC(=O)c1cc(C)cc(-c2ccc(NC(C)=O)cc2)n1. The van der Waals surface area contributed by atoms with Crippen molar-refractivity contribution in [1.29, 1.82) is 0 Å². The largest absolute Gasteiger partial charge is 0.461 e. The zero-order valence-electron chi connectivity index (χ0n) is 12.8. The lowest BCUT2D eigenvalue weighted by Crippen LogP contribution is -2.08. The molecule has 1 aromatic carbocycles. The molecule has 0 atom stereocenters. The van der Waals surface area contributed by atoms with Gasteiger partial charge in [0, 0.05) is 18.2 Å². The number of carbonyl (C=O) groups is 2. The van der Waals surface area contributed by atoms with Crippen LogP contribution in [0.4, 0.5) is 5.69 Å². The summed E-state index contributed by atoms with van der Waals surface area (Å²) in [6.07, 6.45) is 0. The van der Waals surface area contributed by atoms with E-state index in [0.717, 1.165) is 16.8 Å². The average molecular weight is 298 g/mol. The van der Waals surface area contributed by atoms with Gasteiger partial charge in [0.1, 0.15) is 5.69 Å². The highest BCUT2D eigenvalue weighted by molar-refractivity contribution is 5.89. The highest BCUT2D eigenvalue weighted by atomic mass is 16.5. The third-order valence-electron chi connectivity index (χ3n) is 2.96. The predicted molar refractivity (Wildman–Crippen MR) is 84.7 cm³/mol. The second-order valence-corrected chi connectivity index (χ2v) is 4.89. The molecule has 0 saturated heterocycles. The van der Waals surface area contributed by atoms with Gasteiger partial charge >= 0.3 is 5.97 Å². The van der Waals surface area contributed by atoms with Crippen molar-refractivity contribution in [3.8, 4) is 11.3 Å². The third-order valence-corrected chi connectivity index (χ3v) is 2.96. The van der Waals surface area contributed by atoms with Crippen LogP contribution in [0, 0.1) is 6.92 Å². The van der Waals surface area contributed by atoms with Gasteiger partial charge < -0.3 is 10.1 Å². The average Bonchev–Trinajstić information content (AvgIpc) is 2.47. The first-order chi connectivity index (χ1) is 10.5. The van der Waals surface area contributed by atoms with Crippen molar-refractivity contribution in [3.05, 3.63) is 47.7 Å². The molecule has 0 unspecified atom stereocenters. The minimum Gasteiger partial charge on any atom is -0.461 e. The Morgan fingerprint density at radius 3 is 2.45 bits per heavy atom. The fraction of sp³-hybridized carbons (Fsp3) is 0.235. The molecule has 1 heterocycles. The minimum absolute atomic E-state index is 0.119. The van der Waals surface area contributed by atoms with E-state index in [2.05, 4.69) is 10.3 Å². The van der Waals surface area contributed by atoms with Gasteiger partial charge in [0.25, 0.3) is 0 Å². The summed E-state index contributed by atoms with van der Waals surface area (Å²) < 4.78 is 4.99. The van der Waals surface area contributed by atoms with Crippen molar-refractivity contribution in [2.75, 3.05) is 11.9 Å². The Morgan fingerprint density at radius 2 is 1.86 bits per heavy atom. The number of hydrogen-bond acceptors (Lipinski definition) is 4. The Labute approximate surface area is 129 Å². The summed E-state index contributed by atoms with van der Waals surface area (Å²) in [4.78, 5) is 27.2. The molecule has 5 nitrogen and oxygen atoms in total. The standard InChI is InChI=1S/C17H18N2O3/c1-4-22-17(21)16-10-11(2)9-15(19-16)13-5-7-14(8-6-13)18-12(3)20/h5-10H,4H2,1-3H3,(H,18,20). The number of nitrogens with one attached hydrogen (secondary N) is 1. The summed E-state index contributed by atoms with van der Waals surface area (Å²) in [5.41, 5.74) is 3.50. The van der Waals surface area contributed by atoms with Crippen LogP contribution in [0.15, 0.2) is 36.4 Å². The van der Waals surface area contributed by atoms with Crippen molar-refractivity contribution >= 4 is 17.6 Å². The van der Waals surface area contributed by atoms with Gasteiger partial charge in [-0.2, -0.15) is 0 Å². The van der Waals surface area contributed by atoms with E-state index in [1.54, 1.807) is 25.1 Å². The number of pyridine rings is 1. The number of esters is 1. The van der Waals surface area contributed by atoms with E-state index in [4.69, 9.17) is 4.74 Å². The molecule has 2 aromatic rings. The number of aromatic nitrogens is 1. The van der Waals surface area contributed by atoms with Crippen LogP contribution in [-0.4, -0.2) is 23.5 Å². The van der Waals surface area contributed by atoms with Gasteiger partial charge in [-0.3, -0.25) is 4.79 Å². The Bertz CT molecular complexity index is 694. The molecule has 1 amide bonds. The molecule has 1 N–H and O–H groups in total. The number of hydrogen-bond donors (Lipinski definition) is 1. The van der Waals surface area contributed by atoms with Gasteiger partial charge in [0.2, 0.25) is 5.91 Å². The summed E-state index contributed by atoms with van der Waals surface area (Å²) in [5, 5.41) is 2.71. The Morgan fingerprint density at radius 1 is 1.18 bits per heavy atom. The summed E-state index contributed by atoms with van der Waals surface area (Å²) in [6, 6.07) is 10.9. The summed E-state index contributed by atoms with van der Waals surface area (Å²) in [7, 11) is 0. The molecule has 0 aliphatic heterocycles. The normalized spacial score (nSPS) is 10.1. The quantitative estimate of drug-likeness (QED) is 0.880. The lowest BCUT2D eigenvalue weighted by molar-refractivity contribution is -0.114. The molecule has 0 spiro atoms. The van der Waals surface area contributed by atoms with Crippen molar-refractivity contribution in [3.63, 3.8) is 0 Å². The first kappa shape index (κ1) is 15.7. The highest BCUT2D eigenvalue weighted by Gasteiger charge is 2.11. The van der Waals surface area contributed by atoms with Crippen LogP contribution in [-0.2, 0) is 9.53 Å². The van der Waals surface area contributed by atoms with Crippen molar-refractivity contribution < 1.29 is 14.3 Å². The van der Waals surface area contributed by atoms with Crippen LogP contribution in [0.1, 0.15) is 29.9 Å². The van der Waals surface area contributed by atoms with E-state index < -0.39 is 5.97 Å². The molecule has 0 radical (unpaired) electrons. The molecule has 5 heteroatoms. The van der Waals surface area contributed by atoms with Gasteiger partial charge in [-0.05, 0) is 43.7 Å². The molecular weight excluding hydrogens is 280 g/mol. The topological polar surface area (TPSA) is 68.3 Å². The zero-order valence-corrected chi connectivity index (χ0v) is 12.8. The molecule has 1 aromatic heterocycles. The van der Waals surface area contributed by atoms with Gasteiger partial charge in [-0.25, -0.2) is 9.78 Å². The summed E-state index contributed by atoms with van der Waals surface area (Å²) >= 11 is 0. The molecule has 0 saturated carbocycles. The Kier molecular flexibility index (Phi) is 4.88. The van der Waals surface area contributed by atoms with Crippen molar-refractivity contribution in [2.45, 2.75) is 20.8 Å². The monoisotopic (exact) mass is 298 g/mol. The molecule has 0 bridgehead atoms. The Hall–Kier alpha value is -2.69. The highest BCUT2D eigenvalue weighted by Crippen LogP contribution is 2.21. The van der Waals surface area contributed by atoms with Crippen LogP contribution < -0.4 is 5.32 Å². The number of benzene rings is 1. The van der Waals surface area contributed by atoms with E-state index in [1.807, 2.05) is 25.1 Å².